The van der Waals surface area contributed by atoms with Crippen molar-refractivity contribution in [3.05, 3.63) is 69.9 Å². The molecule has 5 rings (SSSR count). The van der Waals surface area contributed by atoms with Crippen molar-refractivity contribution in [1.82, 2.24) is 14.6 Å². The SMILES string of the molecule is CC(C)(C)[C@@H]1CCc2c(sc(NC(=O)c3cnn4c(C(F)(F)F)cc(-c5ccccc5)nc34)c2C#N)C1. The fraction of sp³-hybridized carbons (Fsp3) is 0.333. The summed E-state index contributed by atoms with van der Waals surface area (Å²) in [4.78, 5) is 18.8. The van der Waals surface area contributed by atoms with Crippen LogP contribution in [0.25, 0.3) is 16.9 Å². The van der Waals surface area contributed by atoms with Gasteiger partial charge in [0, 0.05) is 10.4 Å². The Labute approximate surface area is 215 Å². The van der Waals surface area contributed by atoms with Crippen LogP contribution in [0.3, 0.4) is 0 Å². The van der Waals surface area contributed by atoms with Crippen molar-refractivity contribution >= 4 is 27.9 Å². The Morgan fingerprint density at radius 2 is 1.95 bits per heavy atom. The molecule has 0 saturated carbocycles. The number of nitrogens with one attached hydrogen (secondary N) is 1. The van der Waals surface area contributed by atoms with E-state index in [1.807, 2.05) is 0 Å². The number of hydrogen-bond donors (Lipinski definition) is 1. The minimum absolute atomic E-state index is 0.0764. The summed E-state index contributed by atoms with van der Waals surface area (Å²) >= 11 is 1.36. The molecule has 1 aliphatic rings. The highest BCUT2D eigenvalue weighted by molar-refractivity contribution is 7.16. The Balaban J connectivity index is 1.54. The van der Waals surface area contributed by atoms with Crippen LogP contribution in [0.4, 0.5) is 18.2 Å². The second-order valence-electron chi connectivity index (χ2n) is 10.3. The molecule has 0 radical (unpaired) electrons. The number of carbonyl (C=O) groups is 1. The van der Waals surface area contributed by atoms with Crippen LogP contribution >= 0.6 is 11.3 Å². The van der Waals surface area contributed by atoms with Crippen molar-refractivity contribution < 1.29 is 18.0 Å². The monoisotopic (exact) mass is 523 g/mol. The number of nitrogens with zero attached hydrogens (tertiary/aromatic N) is 4. The van der Waals surface area contributed by atoms with Gasteiger partial charge < -0.3 is 5.32 Å². The molecule has 1 aliphatic carbocycles. The first-order chi connectivity index (χ1) is 17.5. The Morgan fingerprint density at radius 1 is 1.22 bits per heavy atom. The number of carbonyl (C=O) groups excluding carboxylic acids is 1. The third kappa shape index (κ3) is 4.60. The summed E-state index contributed by atoms with van der Waals surface area (Å²) < 4.78 is 42.3. The van der Waals surface area contributed by atoms with Gasteiger partial charge in [0.15, 0.2) is 11.3 Å². The third-order valence-electron chi connectivity index (χ3n) is 6.91. The first kappa shape index (κ1) is 25.0. The predicted molar refractivity (Wildman–Crippen MR) is 135 cm³/mol. The Hall–Kier alpha value is -3.71. The second kappa shape index (κ2) is 8.99. The van der Waals surface area contributed by atoms with E-state index in [-0.39, 0.29) is 22.3 Å². The van der Waals surface area contributed by atoms with Gasteiger partial charge in [-0.2, -0.15) is 23.5 Å². The van der Waals surface area contributed by atoms with Gasteiger partial charge in [0.1, 0.15) is 16.6 Å². The number of nitriles is 1. The molecule has 3 aromatic heterocycles. The second-order valence-corrected chi connectivity index (χ2v) is 11.4. The van der Waals surface area contributed by atoms with Crippen molar-refractivity contribution in [3.8, 4) is 17.3 Å². The molecule has 10 heteroatoms. The summed E-state index contributed by atoms with van der Waals surface area (Å²) in [6, 6.07) is 11.6. The summed E-state index contributed by atoms with van der Waals surface area (Å²) in [6.07, 6.45) is -1.11. The number of anilines is 1. The van der Waals surface area contributed by atoms with Gasteiger partial charge in [-0.05, 0) is 42.2 Å². The summed E-state index contributed by atoms with van der Waals surface area (Å²) in [5.74, 6) is -0.210. The molecule has 0 fully saturated rings. The maximum absolute atomic E-state index is 13.9. The minimum Gasteiger partial charge on any atom is -0.312 e. The van der Waals surface area contributed by atoms with E-state index in [2.05, 4.69) is 42.2 Å². The topological polar surface area (TPSA) is 83.1 Å². The molecule has 0 unspecified atom stereocenters. The highest BCUT2D eigenvalue weighted by Crippen LogP contribution is 2.44. The molecule has 1 atom stereocenters. The molecule has 3 heterocycles. The van der Waals surface area contributed by atoms with Crippen LogP contribution in [-0.4, -0.2) is 20.5 Å². The van der Waals surface area contributed by atoms with Gasteiger partial charge in [0.05, 0.1) is 17.5 Å². The number of fused-ring (bicyclic) bond motifs is 2. The molecule has 0 saturated heterocycles. The van der Waals surface area contributed by atoms with Gasteiger partial charge in [-0.3, -0.25) is 4.79 Å². The molecule has 1 N–H and O–H groups in total. The van der Waals surface area contributed by atoms with Crippen LogP contribution in [-0.2, 0) is 19.0 Å². The average Bonchev–Trinajstić information content (AvgIpc) is 3.43. The van der Waals surface area contributed by atoms with Crippen LogP contribution < -0.4 is 5.32 Å². The largest absolute Gasteiger partial charge is 0.433 e. The highest BCUT2D eigenvalue weighted by Gasteiger charge is 2.36. The fourth-order valence-corrected chi connectivity index (χ4v) is 6.06. The number of aromatic nitrogens is 3. The van der Waals surface area contributed by atoms with E-state index < -0.39 is 17.8 Å². The van der Waals surface area contributed by atoms with Gasteiger partial charge in [-0.25, -0.2) is 9.50 Å². The number of rotatable bonds is 3. The van der Waals surface area contributed by atoms with Crippen molar-refractivity contribution in [3.63, 3.8) is 0 Å². The predicted octanol–water partition coefficient (Wildman–Crippen LogP) is 6.75. The van der Waals surface area contributed by atoms with Gasteiger partial charge in [-0.1, -0.05) is 51.1 Å². The summed E-state index contributed by atoms with van der Waals surface area (Å²) in [5.41, 5.74) is 0.699. The van der Waals surface area contributed by atoms with Crippen LogP contribution in [0.2, 0.25) is 0 Å². The standard InChI is InChI=1S/C27H24F3N5OS/c1-26(2,3)16-9-10-17-18(13-31)25(37-21(17)11-16)34-24(36)19-14-32-35-22(27(28,29)30)12-20(33-23(19)35)15-7-5-4-6-8-15/h4-8,12,14,16H,9-11H2,1-3H3,(H,34,36)/t16-/m1/s1. The lowest BCUT2D eigenvalue weighted by Crippen LogP contribution is -2.26. The number of thiophene rings is 1. The molecular weight excluding hydrogens is 499 g/mol. The van der Waals surface area contributed by atoms with E-state index >= 15 is 0 Å². The first-order valence-electron chi connectivity index (χ1n) is 11.8. The van der Waals surface area contributed by atoms with Crippen LogP contribution in [0.5, 0.6) is 0 Å². The van der Waals surface area contributed by atoms with E-state index in [4.69, 9.17) is 0 Å². The zero-order valence-corrected chi connectivity index (χ0v) is 21.3. The van der Waals surface area contributed by atoms with Crippen molar-refractivity contribution in [2.45, 2.75) is 46.2 Å². The van der Waals surface area contributed by atoms with Gasteiger partial charge in [0.2, 0.25) is 0 Å². The lowest BCUT2D eigenvalue weighted by Gasteiger charge is -2.33. The van der Waals surface area contributed by atoms with E-state index in [1.165, 1.54) is 11.3 Å². The number of hydrogen-bond acceptors (Lipinski definition) is 5. The minimum atomic E-state index is -4.71. The normalized spacial score (nSPS) is 15.9. The van der Waals surface area contributed by atoms with Crippen LogP contribution in [0.15, 0.2) is 42.6 Å². The molecular formula is C27H24F3N5OS. The van der Waals surface area contributed by atoms with Crippen LogP contribution in [0, 0.1) is 22.7 Å². The third-order valence-corrected chi connectivity index (χ3v) is 8.08. The fourth-order valence-electron chi connectivity index (χ4n) is 4.78. The first-order valence-corrected chi connectivity index (χ1v) is 12.7. The molecule has 190 valence electrons. The Kier molecular flexibility index (Phi) is 6.07. The number of benzene rings is 1. The van der Waals surface area contributed by atoms with E-state index in [0.29, 0.717) is 26.6 Å². The highest BCUT2D eigenvalue weighted by atomic mass is 32.1. The van der Waals surface area contributed by atoms with E-state index in [0.717, 1.165) is 42.0 Å². The molecule has 1 aromatic carbocycles. The van der Waals surface area contributed by atoms with Crippen LogP contribution in [0.1, 0.15) is 59.2 Å². The van der Waals surface area contributed by atoms with Gasteiger partial charge in [0.25, 0.3) is 5.91 Å². The van der Waals surface area contributed by atoms with E-state index in [1.54, 1.807) is 30.3 Å². The lowest BCUT2D eigenvalue weighted by atomic mass is 9.72. The molecule has 0 aliphatic heterocycles. The van der Waals surface area contributed by atoms with Gasteiger partial charge >= 0.3 is 6.18 Å². The maximum Gasteiger partial charge on any atom is 0.433 e. The molecule has 37 heavy (non-hydrogen) atoms. The number of halogens is 3. The number of alkyl halides is 3. The zero-order valence-electron chi connectivity index (χ0n) is 20.5. The zero-order chi connectivity index (χ0) is 26.5. The average molecular weight is 524 g/mol. The quantitative estimate of drug-likeness (QED) is 0.322. The van der Waals surface area contributed by atoms with E-state index in [9.17, 15) is 23.2 Å². The lowest BCUT2D eigenvalue weighted by molar-refractivity contribution is -0.142. The Morgan fingerprint density at radius 3 is 2.59 bits per heavy atom. The van der Waals surface area contributed by atoms with Crippen molar-refractivity contribution in [2.24, 2.45) is 11.3 Å². The number of amides is 1. The molecule has 0 spiro atoms. The maximum atomic E-state index is 13.9. The van der Waals surface area contributed by atoms with Crippen molar-refractivity contribution in [2.75, 3.05) is 5.32 Å². The summed E-state index contributed by atoms with van der Waals surface area (Å²) in [5, 5.41) is 16.9. The Bertz CT molecular complexity index is 1540. The summed E-state index contributed by atoms with van der Waals surface area (Å²) in [7, 11) is 0. The smallest absolute Gasteiger partial charge is 0.312 e. The summed E-state index contributed by atoms with van der Waals surface area (Å²) in [6.45, 7) is 6.59. The molecule has 1 amide bonds. The van der Waals surface area contributed by atoms with Gasteiger partial charge in [-0.15, -0.1) is 11.3 Å². The molecule has 0 bridgehead atoms. The molecule has 4 aromatic rings. The van der Waals surface area contributed by atoms with Crippen molar-refractivity contribution in [1.29, 1.82) is 5.26 Å². The molecule has 6 nitrogen and oxygen atoms in total.